The van der Waals surface area contributed by atoms with E-state index in [1.165, 1.54) is 31.3 Å². The van der Waals surface area contributed by atoms with Crippen molar-refractivity contribution in [2.24, 2.45) is 0 Å². The highest BCUT2D eigenvalue weighted by molar-refractivity contribution is 7.26. The van der Waals surface area contributed by atoms with E-state index in [2.05, 4.69) is 235 Å². The Labute approximate surface area is 359 Å². The molecule has 0 atom stereocenters. The summed E-state index contributed by atoms with van der Waals surface area (Å²) in [7, 11) is 0. The minimum absolute atomic E-state index is 0.837. The molecule has 0 radical (unpaired) electrons. The first-order valence-electron chi connectivity index (χ1n) is 20.7. The van der Waals surface area contributed by atoms with Crippen molar-refractivity contribution in [3.63, 3.8) is 0 Å². The third-order valence-corrected chi connectivity index (χ3v) is 12.7. The largest absolute Gasteiger partial charge is 0.454 e. The lowest BCUT2D eigenvalue weighted by Crippen LogP contribution is -2.16. The normalized spacial score (nSPS) is 11.4. The van der Waals surface area contributed by atoms with Gasteiger partial charge in [-0.15, -0.1) is 11.3 Å². The smallest absolute Gasteiger partial charge is 0.159 e. The highest BCUT2D eigenvalue weighted by atomic mass is 32.1. The zero-order valence-electron chi connectivity index (χ0n) is 33.9. The van der Waals surface area contributed by atoms with Gasteiger partial charge in [-0.25, -0.2) is 0 Å². The van der Waals surface area contributed by atoms with E-state index in [-0.39, 0.29) is 0 Å². The Hall–Kier alpha value is -7.60. The standard InChI is InChI=1S/C56H41N3OS/c1-38-17-13-23-42(33-38)57(43-24-14-18-39(2)34-43)44-35-45(58(40-19-5-3-6-20-40)51-29-15-27-49-47-25-9-11-31-53(47)60-55(49)51)37-46(36-44)59(41-21-7-4-8-22-41)52-30-16-28-50-48-26-10-12-32-54(48)61-56(50)52/h3-37H,1-2H3. The Balaban J connectivity index is 1.24. The topological polar surface area (TPSA) is 22.9 Å². The molecule has 0 aliphatic rings. The molecule has 0 saturated heterocycles. The van der Waals surface area contributed by atoms with E-state index in [1.54, 1.807) is 0 Å². The Morgan fingerprint density at radius 3 is 1.46 bits per heavy atom. The first-order valence-corrected chi connectivity index (χ1v) is 21.5. The maximum Gasteiger partial charge on any atom is 0.159 e. The van der Waals surface area contributed by atoms with E-state index in [0.717, 1.165) is 73.1 Å². The van der Waals surface area contributed by atoms with Crippen molar-refractivity contribution in [3.05, 3.63) is 223 Å². The van der Waals surface area contributed by atoms with Crippen LogP contribution in [0.15, 0.2) is 217 Å². The van der Waals surface area contributed by atoms with E-state index < -0.39 is 0 Å². The van der Waals surface area contributed by atoms with Crippen molar-refractivity contribution in [2.75, 3.05) is 14.7 Å². The van der Waals surface area contributed by atoms with Gasteiger partial charge in [-0.1, -0.05) is 121 Å². The van der Waals surface area contributed by atoms with Crippen LogP contribution in [-0.4, -0.2) is 0 Å². The van der Waals surface area contributed by atoms with E-state index in [9.17, 15) is 0 Å². The maximum atomic E-state index is 6.78. The number of hydrogen-bond donors (Lipinski definition) is 0. The molecule has 2 heterocycles. The number of furan rings is 1. The van der Waals surface area contributed by atoms with Crippen LogP contribution in [-0.2, 0) is 0 Å². The number of para-hydroxylation sites is 4. The molecule has 9 aromatic carbocycles. The number of rotatable bonds is 9. The summed E-state index contributed by atoms with van der Waals surface area (Å²) >= 11 is 1.85. The Kier molecular flexibility index (Phi) is 9.10. The van der Waals surface area contributed by atoms with Crippen LogP contribution in [0.3, 0.4) is 0 Å². The lowest BCUT2D eigenvalue weighted by molar-refractivity contribution is 0.669. The third-order valence-electron chi connectivity index (χ3n) is 11.5. The number of fused-ring (bicyclic) bond motifs is 6. The van der Waals surface area contributed by atoms with E-state index in [0.29, 0.717) is 0 Å². The summed E-state index contributed by atoms with van der Waals surface area (Å²) in [5, 5.41) is 4.69. The van der Waals surface area contributed by atoms with E-state index in [1.807, 2.05) is 17.4 Å². The van der Waals surface area contributed by atoms with Crippen LogP contribution in [0.1, 0.15) is 11.1 Å². The first kappa shape index (κ1) is 36.5. The molecule has 0 bridgehead atoms. The molecule has 0 amide bonds. The van der Waals surface area contributed by atoms with Crippen LogP contribution in [0, 0.1) is 13.8 Å². The van der Waals surface area contributed by atoms with Crippen molar-refractivity contribution in [2.45, 2.75) is 13.8 Å². The lowest BCUT2D eigenvalue weighted by Gasteiger charge is -2.33. The van der Waals surface area contributed by atoms with E-state index in [4.69, 9.17) is 4.42 Å². The fourth-order valence-electron chi connectivity index (χ4n) is 8.77. The fourth-order valence-corrected chi connectivity index (χ4v) is 9.98. The van der Waals surface area contributed by atoms with Gasteiger partial charge in [0.15, 0.2) is 5.58 Å². The van der Waals surface area contributed by atoms with E-state index >= 15 is 0 Å². The second-order valence-corrected chi connectivity index (χ2v) is 16.6. The number of thiophene rings is 1. The number of hydrogen-bond acceptors (Lipinski definition) is 5. The molecule has 2 aromatic heterocycles. The molecule has 0 spiro atoms. The predicted molar refractivity (Wildman–Crippen MR) is 260 cm³/mol. The predicted octanol–water partition coefficient (Wildman–Crippen LogP) is 17.0. The second kappa shape index (κ2) is 15.2. The average Bonchev–Trinajstić information content (AvgIpc) is 3.87. The van der Waals surface area contributed by atoms with Gasteiger partial charge in [0.05, 0.1) is 33.1 Å². The maximum absolute atomic E-state index is 6.78. The Bertz CT molecular complexity index is 3150. The molecule has 11 rings (SSSR count). The molecule has 11 aromatic rings. The minimum Gasteiger partial charge on any atom is -0.454 e. The summed E-state index contributed by atoms with van der Waals surface area (Å²) in [6, 6.07) is 76.2. The van der Waals surface area contributed by atoms with Crippen molar-refractivity contribution in [1.82, 2.24) is 0 Å². The van der Waals surface area contributed by atoms with Gasteiger partial charge in [-0.3, -0.25) is 0 Å². The zero-order valence-corrected chi connectivity index (χ0v) is 34.7. The van der Waals surface area contributed by atoms with Crippen molar-refractivity contribution < 1.29 is 4.42 Å². The van der Waals surface area contributed by atoms with Gasteiger partial charge in [0.1, 0.15) is 5.58 Å². The summed E-state index contributed by atoms with van der Waals surface area (Å²) in [6.07, 6.45) is 0. The molecular formula is C56H41N3OS. The fraction of sp³-hybridized carbons (Fsp3) is 0.0357. The molecule has 0 fully saturated rings. The van der Waals surface area contributed by atoms with Gasteiger partial charge >= 0.3 is 0 Å². The third kappa shape index (κ3) is 6.56. The van der Waals surface area contributed by atoms with Gasteiger partial charge < -0.3 is 19.1 Å². The average molecular weight is 804 g/mol. The minimum atomic E-state index is 0.837. The summed E-state index contributed by atoms with van der Waals surface area (Å²) in [4.78, 5) is 7.17. The van der Waals surface area contributed by atoms with Gasteiger partial charge in [0.2, 0.25) is 0 Å². The SMILES string of the molecule is Cc1cccc(N(c2cccc(C)c2)c2cc(N(c3ccccc3)c3cccc4c3oc3ccccc34)cc(N(c3ccccc3)c3cccc4c3sc3ccccc34)c2)c1. The van der Waals surface area contributed by atoms with Gasteiger partial charge in [-0.2, -0.15) is 0 Å². The van der Waals surface area contributed by atoms with Crippen LogP contribution in [0.25, 0.3) is 42.1 Å². The number of anilines is 9. The van der Waals surface area contributed by atoms with Gasteiger partial charge in [-0.05, 0) is 116 Å². The second-order valence-electron chi connectivity index (χ2n) is 15.6. The first-order chi connectivity index (χ1) is 30.1. The zero-order chi connectivity index (χ0) is 40.9. The van der Waals surface area contributed by atoms with Crippen LogP contribution in [0.4, 0.5) is 51.2 Å². The molecule has 0 aliphatic carbocycles. The molecular weight excluding hydrogens is 763 g/mol. The number of benzene rings is 9. The highest BCUT2D eigenvalue weighted by Gasteiger charge is 2.25. The van der Waals surface area contributed by atoms with Crippen molar-refractivity contribution >= 4 is 105 Å². The molecule has 5 heteroatoms. The molecule has 0 N–H and O–H groups in total. The highest BCUT2D eigenvalue weighted by Crippen LogP contribution is 2.50. The van der Waals surface area contributed by atoms with Crippen LogP contribution >= 0.6 is 11.3 Å². The molecule has 4 nitrogen and oxygen atoms in total. The monoisotopic (exact) mass is 803 g/mol. The molecule has 0 saturated carbocycles. The van der Waals surface area contributed by atoms with Crippen molar-refractivity contribution in [1.29, 1.82) is 0 Å². The molecule has 0 unspecified atom stereocenters. The summed E-state index contributed by atoms with van der Waals surface area (Å²) in [5.74, 6) is 0. The summed E-state index contributed by atoms with van der Waals surface area (Å²) < 4.78 is 9.29. The quantitative estimate of drug-likeness (QED) is 0.145. The summed E-state index contributed by atoms with van der Waals surface area (Å²) in [5.41, 5.74) is 13.4. The Morgan fingerprint density at radius 1 is 0.344 bits per heavy atom. The van der Waals surface area contributed by atoms with Gasteiger partial charge in [0, 0.05) is 49.0 Å². The number of nitrogens with zero attached hydrogens (tertiary/aromatic N) is 3. The van der Waals surface area contributed by atoms with Crippen LogP contribution in [0.2, 0.25) is 0 Å². The van der Waals surface area contributed by atoms with Crippen molar-refractivity contribution in [3.8, 4) is 0 Å². The molecule has 292 valence electrons. The molecule has 0 aliphatic heterocycles. The lowest BCUT2D eigenvalue weighted by atomic mass is 10.1. The van der Waals surface area contributed by atoms with Gasteiger partial charge in [0.25, 0.3) is 0 Å². The molecule has 61 heavy (non-hydrogen) atoms. The van der Waals surface area contributed by atoms with Crippen LogP contribution < -0.4 is 14.7 Å². The number of aryl methyl sites for hydroxylation is 2. The summed E-state index contributed by atoms with van der Waals surface area (Å²) in [6.45, 7) is 4.32. The Morgan fingerprint density at radius 2 is 0.820 bits per heavy atom. The van der Waals surface area contributed by atoms with Crippen LogP contribution in [0.5, 0.6) is 0 Å².